The van der Waals surface area contributed by atoms with Crippen LogP contribution in [0.5, 0.6) is 0 Å². The molecule has 1 aliphatic rings. The van der Waals surface area contributed by atoms with E-state index in [4.69, 9.17) is 9.41 Å². The summed E-state index contributed by atoms with van der Waals surface area (Å²) in [6.45, 7) is 0. The molecule has 0 aliphatic carbocycles. The second-order valence-corrected chi connectivity index (χ2v) is 14.2. The van der Waals surface area contributed by atoms with Gasteiger partial charge in [-0.2, -0.15) is 0 Å². The first-order chi connectivity index (χ1) is 25.3. The van der Waals surface area contributed by atoms with Crippen LogP contribution in [0.1, 0.15) is 23.5 Å². The molecule has 242 valence electrons. The predicted octanol–water partition coefficient (Wildman–Crippen LogP) is 11.5. The third-order valence-corrected chi connectivity index (χ3v) is 11.5. The van der Waals surface area contributed by atoms with Gasteiger partial charge in [-0.1, -0.05) is 127 Å². The number of fused-ring (bicyclic) bond motifs is 10. The maximum absolute atomic E-state index is 6.50. The van der Waals surface area contributed by atoms with Crippen molar-refractivity contribution < 1.29 is 4.42 Å². The standard InChI is InChI=1S/C45H30N4OS/c1-2-11-27(12-3-1)28-21-23-29(24-22-28)43-46-44(48-45(47-43)49-36-17-7-4-13-30(36)31-14-5-8-18-37(31)49)35-16-10-20-39-40(35)34-26-25-33-32-15-6-9-19-38(32)50-41(33)42(34)51-39/h1-26,43-44,46H,(H,47,48). The van der Waals surface area contributed by atoms with Crippen molar-refractivity contribution in [2.24, 2.45) is 4.99 Å². The van der Waals surface area contributed by atoms with Gasteiger partial charge in [-0.15, -0.1) is 11.3 Å². The largest absolute Gasteiger partial charge is 0.455 e. The van der Waals surface area contributed by atoms with Crippen LogP contribution >= 0.6 is 11.3 Å². The second-order valence-electron chi connectivity index (χ2n) is 13.2. The van der Waals surface area contributed by atoms with Crippen LogP contribution in [0.3, 0.4) is 0 Å². The van der Waals surface area contributed by atoms with Crippen LogP contribution in [0.25, 0.3) is 75.0 Å². The third-order valence-electron chi connectivity index (χ3n) is 10.3. The molecule has 0 bridgehead atoms. The topological polar surface area (TPSA) is 54.5 Å². The molecule has 2 unspecified atom stereocenters. The van der Waals surface area contributed by atoms with E-state index in [9.17, 15) is 0 Å². The maximum atomic E-state index is 6.50. The van der Waals surface area contributed by atoms with Crippen molar-refractivity contribution in [3.8, 4) is 11.1 Å². The Morgan fingerprint density at radius 2 is 1.24 bits per heavy atom. The molecule has 0 saturated heterocycles. The van der Waals surface area contributed by atoms with E-state index in [2.05, 4.69) is 167 Å². The first kappa shape index (κ1) is 28.6. The number of furan rings is 1. The molecule has 2 atom stereocenters. The zero-order valence-corrected chi connectivity index (χ0v) is 28.2. The fourth-order valence-corrected chi connectivity index (χ4v) is 9.18. The number of thiophene rings is 1. The van der Waals surface area contributed by atoms with Gasteiger partial charge in [0.2, 0.25) is 5.96 Å². The molecule has 1 aliphatic heterocycles. The van der Waals surface area contributed by atoms with Gasteiger partial charge >= 0.3 is 0 Å². The highest BCUT2D eigenvalue weighted by molar-refractivity contribution is 7.26. The number of rotatable bonds is 3. The first-order valence-corrected chi connectivity index (χ1v) is 18.1. The monoisotopic (exact) mass is 674 g/mol. The van der Waals surface area contributed by atoms with Gasteiger partial charge in [0.05, 0.1) is 15.7 Å². The van der Waals surface area contributed by atoms with Crippen molar-refractivity contribution in [1.82, 2.24) is 15.2 Å². The lowest BCUT2D eigenvalue weighted by atomic mass is 10.0. The molecule has 4 heterocycles. The highest BCUT2D eigenvalue weighted by Crippen LogP contribution is 2.44. The Morgan fingerprint density at radius 3 is 2.02 bits per heavy atom. The van der Waals surface area contributed by atoms with Crippen LogP contribution < -0.4 is 10.6 Å². The van der Waals surface area contributed by atoms with Gasteiger partial charge in [0, 0.05) is 37.0 Å². The summed E-state index contributed by atoms with van der Waals surface area (Å²) >= 11 is 1.80. The maximum Gasteiger partial charge on any atom is 0.206 e. The molecule has 5 nitrogen and oxygen atoms in total. The Balaban J connectivity index is 1.10. The fraction of sp³-hybridized carbons (Fsp3) is 0.0444. The van der Waals surface area contributed by atoms with E-state index in [1.807, 2.05) is 6.07 Å². The Bertz CT molecular complexity index is 2940. The molecule has 3 aromatic heterocycles. The normalized spacial score (nSPS) is 16.4. The lowest BCUT2D eigenvalue weighted by Crippen LogP contribution is -2.47. The lowest BCUT2D eigenvalue weighted by Gasteiger charge is -2.33. The average Bonchev–Trinajstić information content (AvgIpc) is 3.88. The highest BCUT2D eigenvalue weighted by Gasteiger charge is 2.29. The quantitative estimate of drug-likeness (QED) is 0.196. The van der Waals surface area contributed by atoms with Gasteiger partial charge in [0.15, 0.2) is 5.58 Å². The van der Waals surface area contributed by atoms with E-state index in [0.29, 0.717) is 0 Å². The van der Waals surface area contributed by atoms with Crippen LogP contribution in [0.15, 0.2) is 167 Å². The Hall–Kier alpha value is -6.21. The van der Waals surface area contributed by atoms with Crippen molar-refractivity contribution in [2.45, 2.75) is 12.3 Å². The van der Waals surface area contributed by atoms with Gasteiger partial charge in [0.1, 0.15) is 17.9 Å². The van der Waals surface area contributed by atoms with E-state index in [1.165, 1.54) is 47.6 Å². The number of benzene rings is 7. The zero-order valence-electron chi connectivity index (χ0n) is 27.4. The van der Waals surface area contributed by atoms with Crippen LogP contribution in [0.2, 0.25) is 0 Å². The van der Waals surface area contributed by atoms with Crippen LogP contribution in [0.4, 0.5) is 0 Å². The Labute approximate surface area is 297 Å². The van der Waals surface area contributed by atoms with Crippen LogP contribution in [0, 0.1) is 0 Å². The van der Waals surface area contributed by atoms with E-state index in [1.54, 1.807) is 11.3 Å². The minimum atomic E-state index is -0.293. The molecule has 7 aromatic carbocycles. The number of nitrogens with one attached hydrogen (secondary N) is 2. The number of hydrogen-bond acceptors (Lipinski definition) is 5. The van der Waals surface area contributed by atoms with E-state index in [-0.39, 0.29) is 12.3 Å². The van der Waals surface area contributed by atoms with E-state index < -0.39 is 0 Å². The van der Waals surface area contributed by atoms with E-state index in [0.717, 1.165) is 44.5 Å². The predicted molar refractivity (Wildman–Crippen MR) is 213 cm³/mol. The van der Waals surface area contributed by atoms with Crippen molar-refractivity contribution in [3.05, 3.63) is 169 Å². The summed E-state index contributed by atoms with van der Waals surface area (Å²) in [6.07, 6.45) is -0.526. The van der Waals surface area contributed by atoms with Crippen LogP contribution in [-0.2, 0) is 0 Å². The number of nitrogens with zero attached hydrogens (tertiary/aromatic N) is 2. The molecule has 0 amide bonds. The number of para-hydroxylation sites is 3. The molecule has 0 radical (unpaired) electrons. The fourth-order valence-electron chi connectivity index (χ4n) is 7.96. The molecular weight excluding hydrogens is 645 g/mol. The third kappa shape index (κ3) is 4.40. The molecule has 10 aromatic rings. The summed E-state index contributed by atoms with van der Waals surface area (Å²) in [5.74, 6) is 0.810. The first-order valence-electron chi connectivity index (χ1n) is 17.3. The molecule has 51 heavy (non-hydrogen) atoms. The van der Waals surface area contributed by atoms with E-state index >= 15 is 0 Å². The Morgan fingerprint density at radius 1 is 0.569 bits per heavy atom. The summed E-state index contributed by atoms with van der Waals surface area (Å²) in [4.78, 5) is 5.41. The summed E-state index contributed by atoms with van der Waals surface area (Å²) in [5, 5.41) is 14.9. The van der Waals surface area contributed by atoms with Gasteiger partial charge in [-0.25, -0.2) is 4.99 Å². The smallest absolute Gasteiger partial charge is 0.206 e. The van der Waals surface area contributed by atoms with Crippen molar-refractivity contribution in [3.63, 3.8) is 0 Å². The number of aliphatic imine (C=N–C) groups is 1. The number of aromatic nitrogens is 1. The molecule has 0 fully saturated rings. The van der Waals surface area contributed by atoms with Gasteiger partial charge in [-0.05, 0) is 52.6 Å². The summed E-state index contributed by atoms with van der Waals surface area (Å²) in [7, 11) is 0. The van der Waals surface area contributed by atoms with Gasteiger partial charge < -0.3 is 9.73 Å². The SMILES string of the molecule is c1ccc(-c2ccc(C3N=C(n4c5ccccc5c5ccccc54)NC(c4cccc5sc6c(ccc7c8ccccc8oc76)c45)N3)cc2)cc1. The Kier molecular flexibility index (Phi) is 6.26. The highest BCUT2D eigenvalue weighted by atomic mass is 32.1. The summed E-state index contributed by atoms with van der Waals surface area (Å²) in [6, 6.07) is 56.0. The zero-order chi connectivity index (χ0) is 33.5. The summed E-state index contributed by atoms with van der Waals surface area (Å²) in [5.41, 5.74) is 8.77. The summed E-state index contributed by atoms with van der Waals surface area (Å²) < 4.78 is 11.2. The molecule has 11 rings (SSSR count). The van der Waals surface area contributed by atoms with Crippen molar-refractivity contribution >= 4 is 81.2 Å². The van der Waals surface area contributed by atoms with Crippen molar-refractivity contribution in [1.29, 1.82) is 0 Å². The minimum absolute atomic E-state index is 0.232. The second kappa shape index (κ2) is 11.2. The van der Waals surface area contributed by atoms with Gasteiger partial charge in [0.25, 0.3) is 0 Å². The lowest BCUT2D eigenvalue weighted by molar-refractivity contribution is 0.405. The molecule has 0 spiro atoms. The molecule has 2 N–H and O–H groups in total. The average molecular weight is 675 g/mol. The molecular formula is C45H30N4OS. The molecule has 0 saturated carbocycles. The number of hydrogen-bond donors (Lipinski definition) is 2. The van der Waals surface area contributed by atoms with Crippen molar-refractivity contribution in [2.75, 3.05) is 0 Å². The molecule has 6 heteroatoms. The van der Waals surface area contributed by atoms with Crippen LogP contribution in [-0.4, -0.2) is 10.5 Å². The van der Waals surface area contributed by atoms with Gasteiger partial charge in [-0.3, -0.25) is 9.88 Å². The minimum Gasteiger partial charge on any atom is -0.455 e.